The highest BCUT2D eigenvalue weighted by Crippen LogP contribution is 2.58. The van der Waals surface area contributed by atoms with Gasteiger partial charge in [0.05, 0.1) is 5.41 Å². The van der Waals surface area contributed by atoms with Crippen molar-refractivity contribution in [2.75, 3.05) is 40.8 Å². The average Bonchev–Trinajstić information content (AvgIpc) is 3.21. The number of amides is 2. The van der Waals surface area contributed by atoms with Gasteiger partial charge in [-0.15, -0.1) is 0 Å². The fourth-order valence-electron chi connectivity index (χ4n) is 5.13. The van der Waals surface area contributed by atoms with Crippen LogP contribution in [0.3, 0.4) is 0 Å². The fourth-order valence-corrected chi connectivity index (χ4v) is 5.13. The van der Waals surface area contributed by atoms with Gasteiger partial charge >= 0.3 is 6.09 Å². The molecule has 0 N–H and O–H groups in total. The number of likely N-dealkylation sites (N-methyl/N-ethyl adjacent to an activating group) is 3. The Bertz CT molecular complexity index is 884. The number of rotatable bonds is 7. The molecule has 2 amide bonds. The van der Waals surface area contributed by atoms with Crippen molar-refractivity contribution in [2.45, 2.75) is 43.7 Å². The number of ketones is 1. The molecule has 3 atom stereocenters. The molecule has 162 valence electrons. The fraction of sp³-hybridized carbons (Fsp3) is 0.591. The molecule has 8 heteroatoms. The summed E-state index contributed by atoms with van der Waals surface area (Å²) in [6, 6.07) is 4.17. The summed E-state index contributed by atoms with van der Waals surface area (Å²) in [4.78, 5) is 41.4. The van der Waals surface area contributed by atoms with Gasteiger partial charge in [0.25, 0.3) is 0 Å². The summed E-state index contributed by atoms with van der Waals surface area (Å²) in [6.45, 7) is 3.38. The minimum atomic E-state index is -0.539. The monoisotopic (exact) mass is 415 g/mol. The highest BCUT2D eigenvalue weighted by atomic mass is 16.6. The number of carbonyl (C=O) groups is 3. The lowest BCUT2D eigenvalue weighted by molar-refractivity contribution is -0.127. The van der Waals surface area contributed by atoms with Gasteiger partial charge in [-0.3, -0.25) is 9.59 Å². The zero-order valence-electron chi connectivity index (χ0n) is 18.0. The average molecular weight is 415 g/mol. The molecule has 2 heterocycles. The highest BCUT2D eigenvalue weighted by Gasteiger charge is 2.61. The topological polar surface area (TPSA) is 79.4 Å². The summed E-state index contributed by atoms with van der Waals surface area (Å²) in [5, 5.41) is 0. The molecule has 0 saturated carbocycles. The molecule has 4 rings (SSSR count). The van der Waals surface area contributed by atoms with E-state index in [0.29, 0.717) is 43.5 Å². The Balaban J connectivity index is 1.63. The van der Waals surface area contributed by atoms with Crippen LogP contribution in [0.5, 0.6) is 11.5 Å². The van der Waals surface area contributed by atoms with Crippen molar-refractivity contribution < 1.29 is 23.9 Å². The van der Waals surface area contributed by atoms with Crippen molar-refractivity contribution in [3.63, 3.8) is 0 Å². The first-order valence-corrected chi connectivity index (χ1v) is 10.4. The molecule has 1 spiro atoms. The maximum atomic E-state index is 12.8. The molecular formula is C22H29N3O5. The summed E-state index contributed by atoms with van der Waals surface area (Å²) < 4.78 is 11.9. The molecule has 0 radical (unpaired) electrons. The lowest BCUT2D eigenvalue weighted by Crippen LogP contribution is -2.46. The molecule has 1 aromatic carbocycles. The summed E-state index contributed by atoms with van der Waals surface area (Å²) in [7, 11) is 5.38. The molecule has 1 aromatic rings. The molecule has 1 saturated heterocycles. The molecule has 1 unspecified atom stereocenters. The lowest BCUT2D eigenvalue weighted by Gasteiger charge is -2.32. The van der Waals surface area contributed by atoms with Gasteiger partial charge in [-0.25, -0.2) is 4.79 Å². The molecule has 3 aliphatic rings. The molecule has 1 fully saturated rings. The van der Waals surface area contributed by atoms with Gasteiger partial charge in [0.1, 0.15) is 0 Å². The van der Waals surface area contributed by atoms with Crippen molar-refractivity contribution in [3.8, 4) is 11.5 Å². The van der Waals surface area contributed by atoms with E-state index < -0.39 is 12.2 Å². The van der Waals surface area contributed by atoms with Crippen LogP contribution in [0.25, 0.3) is 0 Å². The first-order valence-electron chi connectivity index (χ1n) is 10.4. The maximum Gasteiger partial charge on any atom is 0.415 e. The molecule has 2 aliphatic heterocycles. The van der Waals surface area contributed by atoms with Crippen LogP contribution in [0, 0.1) is 0 Å². The van der Waals surface area contributed by atoms with Gasteiger partial charge < -0.3 is 24.2 Å². The van der Waals surface area contributed by atoms with Crippen LogP contribution in [0.1, 0.15) is 30.9 Å². The van der Waals surface area contributed by atoms with Crippen LogP contribution < -0.4 is 9.47 Å². The number of fused-ring (bicyclic) bond motifs is 1. The van der Waals surface area contributed by atoms with Crippen LogP contribution in [0.2, 0.25) is 0 Å². The Morgan fingerprint density at radius 2 is 2.10 bits per heavy atom. The molecule has 30 heavy (non-hydrogen) atoms. The van der Waals surface area contributed by atoms with Crippen LogP contribution >= 0.6 is 0 Å². The van der Waals surface area contributed by atoms with Crippen LogP contribution in [-0.4, -0.2) is 85.9 Å². The number of ether oxygens (including phenoxy) is 2. The maximum absolute atomic E-state index is 12.8. The number of likely N-dealkylation sites (tertiary alicyclic amines) is 1. The summed E-state index contributed by atoms with van der Waals surface area (Å²) in [5.74, 6) is 0.979. The number of nitrogens with zero attached hydrogens (tertiary/aromatic N) is 3. The minimum absolute atomic E-state index is 0.0828. The van der Waals surface area contributed by atoms with Crippen molar-refractivity contribution in [2.24, 2.45) is 0 Å². The van der Waals surface area contributed by atoms with E-state index in [1.165, 1.54) is 15.4 Å². The van der Waals surface area contributed by atoms with Crippen LogP contribution in [0.4, 0.5) is 4.79 Å². The molecule has 0 aromatic heterocycles. The van der Waals surface area contributed by atoms with Gasteiger partial charge in [0.2, 0.25) is 6.41 Å². The third-order valence-corrected chi connectivity index (χ3v) is 6.77. The molecule has 1 aliphatic carbocycles. The smallest absolute Gasteiger partial charge is 0.415 e. The zero-order chi connectivity index (χ0) is 21.6. The predicted octanol–water partition coefficient (Wildman–Crippen LogP) is 1.44. The van der Waals surface area contributed by atoms with Gasteiger partial charge in [-0.2, -0.15) is 0 Å². The molecule has 8 nitrogen and oxygen atoms in total. The van der Waals surface area contributed by atoms with Crippen molar-refractivity contribution in [1.82, 2.24) is 14.7 Å². The van der Waals surface area contributed by atoms with Crippen molar-refractivity contribution in [3.05, 3.63) is 23.3 Å². The summed E-state index contributed by atoms with van der Waals surface area (Å²) in [5.41, 5.74) is 1.86. The number of hydrogen-bond acceptors (Lipinski definition) is 6. The van der Waals surface area contributed by atoms with Crippen LogP contribution in [-0.2, 0) is 21.4 Å². The van der Waals surface area contributed by atoms with E-state index in [9.17, 15) is 14.4 Å². The first-order chi connectivity index (χ1) is 14.3. The Morgan fingerprint density at radius 1 is 1.33 bits per heavy atom. The van der Waals surface area contributed by atoms with E-state index >= 15 is 0 Å². The van der Waals surface area contributed by atoms with E-state index in [1.54, 1.807) is 20.2 Å². The molecular weight excluding hydrogens is 386 g/mol. The van der Waals surface area contributed by atoms with E-state index in [4.69, 9.17) is 9.47 Å². The SMILES string of the molecule is CCC(=O)C1Oc2c(OC(=O)N(C)CCN(C)C=O)ccc3c2[C@]12C[C@@H](C3)N(C)C2. The quantitative estimate of drug-likeness (QED) is 0.627. The number of Topliss-reactive ketones (excluding diaryl/α,β-unsaturated/α-hetero) is 1. The number of benzene rings is 1. The minimum Gasteiger partial charge on any atom is -0.477 e. The second kappa shape index (κ2) is 7.58. The third-order valence-electron chi connectivity index (χ3n) is 6.77. The predicted molar refractivity (Wildman–Crippen MR) is 110 cm³/mol. The molecule has 2 bridgehead atoms. The second-order valence-corrected chi connectivity index (χ2v) is 8.75. The number of carbonyl (C=O) groups excluding carboxylic acids is 3. The second-order valence-electron chi connectivity index (χ2n) is 8.75. The number of hydrogen-bond donors (Lipinski definition) is 0. The lowest BCUT2D eigenvalue weighted by atomic mass is 9.68. The van der Waals surface area contributed by atoms with Crippen molar-refractivity contribution in [1.29, 1.82) is 0 Å². The Labute approximate surface area is 176 Å². The standard InChI is InChI=1S/C22H29N3O5/c1-5-16(27)20-22-11-15(25(4)12-22)10-14-6-7-17(19(30-20)18(14)22)29-21(28)24(3)9-8-23(2)13-26/h6-7,13,15,20H,5,8-12H2,1-4H3/t15-,20?,22-/m1/s1. The van der Waals surface area contributed by atoms with E-state index in [0.717, 1.165) is 24.9 Å². The van der Waals surface area contributed by atoms with E-state index in [-0.39, 0.29) is 11.2 Å². The van der Waals surface area contributed by atoms with Gasteiger partial charge in [-0.1, -0.05) is 13.0 Å². The third kappa shape index (κ3) is 3.14. The first kappa shape index (κ1) is 20.7. The Morgan fingerprint density at radius 3 is 2.80 bits per heavy atom. The van der Waals surface area contributed by atoms with Crippen LogP contribution in [0.15, 0.2) is 12.1 Å². The largest absolute Gasteiger partial charge is 0.477 e. The van der Waals surface area contributed by atoms with E-state index in [2.05, 4.69) is 11.9 Å². The van der Waals surface area contributed by atoms with Gasteiger partial charge in [0.15, 0.2) is 23.4 Å². The Kier molecular flexibility index (Phi) is 5.22. The summed E-state index contributed by atoms with van der Waals surface area (Å²) in [6.07, 6.45) is 1.85. The van der Waals surface area contributed by atoms with E-state index in [1.807, 2.05) is 13.0 Å². The Hall–Kier alpha value is -2.61. The highest BCUT2D eigenvalue weighted by molar-refractivity contribution is 5.88. The summed E-state index contributed by atoms with van der Waals surface area (Å²) >= 11 is 0. The normalized spacial score (nSPS) is 26.0. The van der Waals surface area contributed by atoms with Gasteiger partial charge in [-0.05, 0) is 31.5 Å². The van der Waals surface area contributed by atoms with Gasteiger partial charge in [0, 0.05) is 51.8 Å². The zero-order valence-corrected chi connectivity index (χ0v) is 18.0. The van der Waals surface area contributed by atoms with Crippen molar-refractivity contribution >= 4 is 18.3 Å².